The number of nitrogens with one attached hydrogen (secondary N) is 1. The number of aliphatic hydroxyl groups is 1. The summed E-state index contributed by atoms with van der Waals surface area (Å²) in [6.07, 6.45) is -0.560. The molecule has 0 aliphatic heterocycles. The molecule has 0 fully saturated rings. The molecular weight excluding hydrogens is 218 g/mol. The number of esters is 1. The number of aliphatic hydroxyl groups excluding tert-OH is 1. The second kappa shape index (κ2) is 7.04. The highest BCUT2D eigenvalue weighted by atomic mass is 16.5. The van der Waals surface area contributed by atoms with Crippen LogP contribution in [0.15, 0.2) is 30.3 Å². The van der Waals surface area contributed by atoms with Gasteiger partial charge in [-0.05, 0) is 12.1 Å². The third kappa shape index (κ3) is 4.17. The summed E-state index contributed by atoms with van der Waals surface area (Å²) in [5.41, 5.74) is 0.794. The molecule has 0 saturated carbocycles. The SMILES string of the molecule is CCNC(CC(=O)OC)C(O)c1ccccc1. The molecule has 0 amide bonds. The van der Waals surface area contributed by atoms with Crippen molar-refractivity contribution >= 4 is 5.97 Å². The zero-order valence-electron chi connectivity index (χ0n) is 10.2. The average Bonchev–Trinajstić information content (AvgIpc) is 2.38. The van der Waals surface area contributed by atoms with Crippen LogP contribution in [0.1, 0.15) is 25.0 Å². The molecule has 0 heterocycles. The van der Waals surface area contributed by atoms with Crippen molar-refractivity contribution in [3.63, 3.8) is 0 Å². The highest BCUT2D eigenvalue weighted by molar-refractivity contribution is 5.70. The van der Waals surface area contributed by atoms with Crippen LogP contribution >= 0.6 is 0 Å². The Labute approximate surface area is 102 Å². The monoisotopic (exact) mass is 237 g/mol. The van der Waals surface area contributed by atoms with E-state index in [-0.39, 0.29) is 18.4 Å². The summed E-state index contributed by atoms with van der Waals surface area (Å²) < 4.78 is 4.62. The topological polar surface area (TPSA) is 58.6 Å². The van der Waals surface area contributed by atoms with Gasteiger partial charge in [-0.1, -0.05) is 37.3 Å². The Hall–Kier alpha value is -1.39. The number of hydrogen-bond donors (Lipinski definition) is 2. The second-order valence-electron chi connectivity index (χ2n) is 3.80. The molecule has 4 heteroatoms. The van der Waals surface area contributed by atoms with Crippen molar-refractivity contribution in [2.45, 2.75) is 25.5 Å². The van der Waals surface area contributed by atoms with E-state index < -0.39 is 6.10 Å². The van der Waals surface area contributed by atoms with Gasteiger partial charge in [0.05, 0.1) is 19.6 Å². The summed E-state index contributed by atoms with van der Waals surface area (Å²) in [5.74, 6) is -0.328. The van der Waals surface area contributed by atoms with Gasteiger partial charge in [0.15, 0.2) is 0 Å². The molecule has 0 aliphatic rings. The number of likely N-dealkylation sites (N-methyl/N-ethyl adjacent to an activating group) is 1. The molecular formula is C13H19NO3. The lowest BCUT2D eigenvalue weighted by Crippen LogP contribution is -2.37. The van der Waals surface area contributed by atoms with Gasteiger partial charge in [0.2, 0.25) is 0 Å². The van der Waals surface area contributed by atoms with Crippen LogP contribution in [0.5, 0.6) is 0 Å². The van der Waals surface area contributed by atoms with E-state index >= 15 is 0 Å². The van der Waals surface area contributed by atoms with Crippen molar-refractivity contribution in [3.05, 3.63) is 35.9 Å². The third-order valence-corrected chi connectivity index (χ3v) is 2.60. The summed E-state index contributed by atoms with van der Waals surface area (Å²) in [4.78, 5) is 11.3. The van der Waals surface area contributed by atoms with Crippen molar-refractivity contribution in [2.75, 3.05) is 13.7 Å². The summed E-state index contributed by atoms with van der Waals surface area (Å²) in [7, 11) is 1.35. The van der Waals surface area contributed by atoms with E-state index in [1.165, 1.54) is 7.11 Å². The largest absolute Gasteiger partial charge is 0.469 e. The predicted molar refractivity (Wildman–Crippen MR) is 65.5 cm³/mol. The molecule has 2 atom stereocenters. The molecule has 2 N–H and O–H groups in total. The fourth-order valence-electron chi connectivity index (χ4n) is 1.70. The van der Waals surface area contributed by atoms with E-state index in [1.54, 1.807) is 0 Å². The first-order valence-electron chi connectivity index (χ1n) is 5.72. The average molecular weight is 237 g/mol. The number of benzene rings is 1. The first kappa shape index (κ1) is 13.7. The number of hydrogen-bond acceptors (Lipinski definition) is 4. The maximum atomic E-state index is 11.3. The second-order valence-corrected chi connectivity index (χ2v) is 3.80. The lowest BCUT2D eigenvalue weighted by atomic mass is 10.00. The summed E-state index contributed by atoms with van der Waals surface area (Å²) in [6, 6.07) is 8.96. The molecule has 0 radical (unpaired) electrons. The van der Waals surface area contributed by atoms with Gasteiger partial charge in [0, 0.05) is 6.04 Å². The highest BCUT2D eigenvalue weighted by Crippen LogP contribution is 2.18. The van der Waals surface area contributed by atoms with Crippen LogP contribution in [-0.4, -0.2) is 30.8 Å². The van der Waals surface area contributed by atoms with Crippen molar-refractivity contribution < 1.29 is 14.6 Å². The minimum Gasteiger partial charge on any atom is -0.469 e. The molecule has 1 rings (SSSR count). The quantitative estimate of drug-likeness (QED) is 0.731. The van der Waals surface area contributed by atoms with Crippen LogP contribution < -0.4 is 5.32 Å². The first-order valence-corrected chi connectivity index (χ1v) is 5.72. The van der Waals surface area contributed by atoms with Gasteiger partial charge in [0.25, 0.3) is 0 Å². The van der Waals surface area contributed by atoms with Crippen molar-refractivity contribution in [1.82, 2.24) is 5.32 Å². The maximum absolute atomic E-state index is 11.3. The van der Waals surface area contributed by atoms with E-state index in [1.807, 2.05) is 37.3 Å². The molecule has 0 saturated heterocycles. The van der Waals surface area contributed by atoms with Crippen molar-refractivity contribution in [2.24, 2.45) is 0 Å². The van der Waals surface area contributed by atoms with E-state index in [9.17, 15) is 9.90 Å². The number of carbonyl (C=O) groups excluding carboxylic acids is 1. The minimum absolute atomic E-state index is 0.153. The first-order chi connectivity index (χ1) is 8.19. The van der Waals surface area contributed by atoms with E-state index in [2.05, 4.69) is 10.1 Å². The van der Waals surface area contributed by atoms with Crippen LogP contribution in [0.4, 0.5) is 0 Å². The Morgan fingerprint density at radius 3 is 2.59 bits per heavy atom. The smallest absolute Gasteiger partial charge is 0.307 e. The van der Waals surface area contributed by atoms with Crippen LogP contribution in [0.25, 0.3) is 0 Å². The standard InChI is InChI=1S/C13H19NO3/c1-3-14-11(9-12(15)17-2)13(16)10-7-5-4-6-8-10/h4-8,11,13-14,16H,3,9H2,1-2H3. The third-order valence-electron chi connectivity index (χ3n) is 2.60. The van der Waals surface area contributed by atoms with E-state index in [0.29, 0.717) is 6.54 Å². The zero-order valence-corrected chi connectivity index (χ0v) is 10.2. The van der Waals surface area contributed by atoms with Crippen LogP contribution in [0, 0.1) is 0 Å². The van der Waals surface area contributed by atoms with Crippen molar-refractivity contribution in [1.29, 1.82) is 0 Å². The molecule has 0 aromatic heterocycles. The Bertz CT molecular complexity index is 340. The molecule has 4 nitrogen and oxygen atoms in total. The number of rotatable bonds is 6. The molecule has 0 aliphatic carbocycles. The summed E-state index contributed by atoms with van der Waals surface area (Å²) in [5, 5.41) is 13.3. The molecule has 0 spiro atoms. The number of methoxy groups -OCH3 is 1. The van der Waals surface area contributed by atoms with Crippen molar-refractivity contribution in [3.8, 4) is 0 Å². The van der Waals surface area contributed by atoms with Crippen LogP contribution in [0.3, 0.4) is 0 Å². The Morgan fingerprint density at radius 2 is 2.06 bits per heavy atom. The maximum Gasteiger partial charge on any atom is 0.307 e. The summed E-state index contributed by atoms with van der Waals surface area (Å²) in [6.45, 7) is 2.62. The normalized spacial score (nSPS) is 14.1. The van der Waals surface area contributed by atoms with Gasteiger partial charge >= 0.3 is 5.97 Å². The molecule has 0 bridgehead atoms. The van der Waals surface area contributed by atoms with E-state index in [0.717, 1.165) is 5.56 Å². The van der Waals surface area contributed by atoms with Gasteiger partial charge in [-0.15, -0.1) is 0 Å². The molecule has 1 aromatic rings. The van der Waals surface area contributed by atoms with Crippen LogP contribution in [-0.2, 0) is 9.53 Å². The number of carbonyl (C=O) groups is 1. The minimum atomic E-state index is -0.713. The summed E-state index contributed by atoms with van der Waals surface area (Å²) >= 11 is 0. The van der Waals surface area contributed by atoms with Crippen LogP contribution in [0.2, 0.25) is 0 Å². The predicted octanol–water partition coefficient (Wildman–Crippen LogP) is 1.26. The fraction of sp³-hybridized carbons (Fsp3) is 0.462. The Morgan fingerprint density at radius 1 is 1.41 bits per heavy atom. The molecule has 2 unspecified atom stereocenters. The zero-order chi connectivity index (χ0) is 12.7. The number of ether oxygens (including phenoxy) is 1. The fourth-order valence-corrected chi connectivity index (χ4v) is 1.70. The molecule has 1 aromatic carbocycles. The lowest BCUT2D eigenvalue weighted by Gasteiger charge is -2.23. The van der Waals surface area contributed by atoms with Gasteiger partial charge in [-0.3, -0.25) is 4.79 Å². The highest BCUT2D eigenvalue weighted by Gasteiger charge is 2.22. The van der Waals surface area contributed by atoms with Gasteiger partial charge in [0.1, 0.15) is 0 Å². The van der Waals surface area contributed by atoms with Gasteiger partial charge in [-0.25, -0.2) is 0 Å². The lowest BCUT2D eigenvalue weighted by molar-refractivity contribution is -0.142. The van der Waals surface area contributed by atoms with Gasteiger partial charge in [-0.2, -0.15) is 0 Å². The molecule has 17 heavy (non-hydrogen) atoms. The molecule has 94 valence electrons. The Kier molecular flexibility index (Phi) is 5.66. The Balaban J connectivity index is 2.73. The van der Waals surface area contributed by atoms with Gasteiger partial charge < -0.3 is 15.2 Å². The van der Waals surface area contributed by atoms with E-state index in [4.69, 9.17) is 0 Å².